The van der Waals surface area contributed by atoms with Crippen LogP contribution in [0.1, 0.15) is 43.5 Å². The fourth-order valence-electron chi connectivity index (χ4n) is 2.36. The molecule has 1 N–H and O–H groups in total. The molecular weight excluding hydrogens is 325 g/mol. The topological polar surface area (TPSA) is 12.0 Å². The molecule has 1 nitrogen and oxygen atoms in total. The van der Waals surface area contributed by atoms with Crippen LogP contribution in [0.2, 0.25) is 15.1 Å². The van der Waals surface area contributed by atoms with Crippen molar-refractivity contribution < 1.29 is 0 Å². The van der Waals surface area contributed by atoms with Crippen LogP contribution >= 0.6 is 34.8 Å². The van der Waals surface area contributed by atoms with E-state index in [1.165, 1.54) is 5.56 Å². The second kappa shape index (κ2) is 7.51. The highest BCUT2D eigenvalue weighted by atomic mass is 35.5. The van der Waals surface area contributed by atoms with E-state index in [1.807, 2.05) is 36.4 Å². The fourth-order valence-corrected chi connectivity index (χ4v) is 3.03. The minimum atomic E-state index is 0.181. The van der Waals surface area contributed by atoms with E-state index in [4.69, 9.17) is 34.8 Å². The Morgan fingerprint density at radius 2 is 1.57 bits per heavy atom. The summed E-state index contributed by atoms with van der Waals surface area (Å²) < 4.78 is 0. The van der Waals surface area contributed by atoms with E-state index in [2.05, 4.69) is 19.2 Å². The lowest BCUT2D eigenvalue weighted by atomic mass is 10.0. The van der Waals surface area contributed by atoms with Crippen molar-refractivity contribution in [2.45, 2.75) is 32.4 Å². The highest BCUT2D eigenvalue weighted by molar-refractivity contribution is 6.35. The van der Waals surface area contributed by atoms with E-state index in [0.717, 1.165) is 17.0 Å². The van der Waals surface area contributed by atoms with Gasteiger partial charge in [0, 0.05) is 27.2 Å². The van der Waals surface area contributed by atoms with Gasteiger partial charge in [0.25, 0.3) is 0 Å². The number of rotatable bonds is 5. The largest absolute Gasteiger partial charge is 0.303 e. The Morgan fingerprint density at radius 1 is 0.952 bits per heavy atom. The predicted octanol–water partition coefficient (Wildman–Crippen LogP) is 6.45. The molecule has 112 valence electrons. The molecule has 0 bridgehead atoms. The summed E-state index contributed by atoms with van der Waals surface area (Å²) in [5.41, 5.74) is 2.27. The van der Waals surface area contributed by atoms with E-state index in [1.54, 1.807) is 6.07 Å². The summed E-state index contributed by atoms with van der Waals surface area (Å²) in [6.45, 7) is 4.27. The molecule has 0 fully saturated rings. The minimum Gasteiger partial charge on any atom is -0.303 e. The molecule has 0 aliphatic heterocycles. The van der Waals surface area contributed by atoms with Gasteiger partial charge in [0.1, 0.15) is 0 Å². The summed E-state index contributed by atoms with van der Waals surface area (Å²) in [6, 6.07) is 13.9. The first-order valence-corrected chi connectivity index (χ1v) is 8.11. The van der Waals surface area contributed by atoms with Crippen LogP contribution in [0.15, 0.2) is 42.5 Å². The summed E-state index contributed by atoms with van der Waals surface area (Å²) >= 11 is 18.2. The van der Waals surface area contributed by atoms with Crippen molar-refractivity contribution in [2.24, 2.45) is 0 Å². The minimum absolute atomic E-state index is 0.181. The van der Waals surface area contributed by atoms with Gasteiger partial charge < -0.3 is 5.32 Å². The van der Waals surface area contributed by atoms with Crippen molar-refractivity contribution in [2.75, 3.05) is 0 Å². The number of halogens is 3. The highest BCUT2D eigenvalue weighted by Gasteiger charge is 2.16. The molecule has 2 aromatic rings. The molecule has 0 aliphatic carbocycles. The fraction of sp³-hybridized carbons (Fsp3) is 0.294. The average molecular weight is 343 g/mol. The van der Waals surface area contributed by atoms with Crippen molar-refractivity contribution in [1.82, 2.24) is 5.32 Å². The van der Waals surface area contributed by atoms with Gasteiger partial charge in [-0.25, -0.2) is 0 Å². The van der Waals surface area contributed by atoms with Gasteiger partial charge in [0.05, 0.1) is 0 Å². The molecule has 0 radical (unpaired) electrons. The Balaban J connectivity index is 2.16. The summed E-state index contributed by atoms with van der Waals surface area (Å²) in [5, 5.41) is 5.71. The molecule has 1 unspecified atom stereocenters. The van der Waals surface area contributed by atoms with Crippen LogP contribution < -0.4 is 5.32 Å². The van der Waals surface area contributed by atoms with Crippen molar-refractivity contribution in [1.29, 1.82) is 0 Å². The molecule has 2 atom stereocenters. The van der Waals surface area contributed by atoms with Crippen LogP contribution in [0.25, 0.3) is 0 Å². The zero-order valence-corrected chi connectivity index (χ0v) is 14.3. The molecule has 0 aromatic heterocycles. The lowest BCUT2D eigenvalue weighted by Crippen LogP contribution is -2.24. The number of hydrogen-bond donors (Lipinski definition) is 1. The van der Waals surface area contributed by atoms with Gasteiger partial charge in [-0.1, -0.05) is 59.9 Å². The Morgan fingerprint density at radius 3 is 2.14 bits per heavy atom. The lowest BCUT2D eigenvalue weighted by Gasteiger charge is -2.24. The van der Waals surface area contributed by atoms with E-state index < -0.39 is 0 Å². The Hall–Kier alpha value is -0.730. The number of hydrogen-bond acceptors (Lipinski definition) is 1. The third-order valence-corrected chi connectivity index (χ3v) is 4.38. The number of nitrogens with one attached hydrogen (secondary N) is 1. The second-order valence-corrected chi connectivity index (χ2v) is 6.35. The molecule has 0 aliphatic rings. The van der Waals surface area contributed by atoms with Crippen LogP contribution in [0.5, 0.6) is 0 Å². The van der Waals surface area contributed by atoms with Crippen molar-refractivity contribution in [3.8, 4) is 0 Å². The maximum atomic E-state index is 6.31. The van der Waals surface area contributed by atoms with E-state index in [0.29, 0.717) is 10.0 Å². The second-order valence-electron chi connectivity index (χ2n) is 5.07. The van der Waals surface area contributed by atoms with E-state index >= 15 is 0 Å². The van der Waals surface area contributed by atoms with Gasteiger partial charge >= 0.3 is 0 Å². The zero-order chi connectivity index (χ0) is 15.4. The molecule has 4 heteroatoms. The number of benzene rings is 2. The van der Waals surface area contributed by atoms with Crippen molar-refractivity contribution >= 4 is 34.8 Å². The molecule has 2 aromatic carbocycles. The Kier molecular flexibility index (Phi) is 5.95. The summed E-state index contributed by atoms with van der Waals surface area (Å²) in [7, 11) is 0. The first-order chi connectivity index (χ1) is 10.0. The van der Waals surface area contributed by atoms with Crippen LogP contribution in [0.4, 0.5) is 0 Å². The normalized spacial score (nSPS) is 14.0. The van der Waals surface area contributed by atoms with Crippen LogP contribution in [-0.2, 0) is 0 Å². The molecule has 0 saturated heterocycles. The molecular formula is C17H18Cl3N. The van der Waals surface area contributed by atoms with Crippen molar-refractivity contribution in [3.05, 3.63) is 68.7 Å². The van der Waals surface area contributed by atoms with Gasteiger partial charge in [-0.15, -0.1) is 0 Å². The standard InChI is InChI=1S/C17H18Cl3N/c1-3-17(15-9-8-14(19)10-16(15)20)21-11(2)12-4-6-13(18)7-5-12/h4-11,17,21H,3H2,1-2H3/t11-,17?/m1/s1. The molecule has 2 rings (SSSR count). The smallest absolute Gasteiger partial charge is 0.0468 e. The maximum Gasteiger partial charge on any atom is 0.0468 e. The van der Waals surface area contributed by atoms with E-state index in [-0.39, 0.29) is 12.1 Å². The first kappa shape index (κ1) is 16.6. The Bertz CT molecular complexity index is 595. The molecule has 21 heavy (non-hydrogen) atoms. The van der Waals surface area contributed by atoms with Gasteiger partial charge in [0.15, 0.2) is 0 Å². The van der Waals surface area contributed by atoms with Crippen LogP contribution in [0, 0.1) is 0 Å². The maximum absolute atomic E-state index is 6.31. The highest BCUT2D eigenvalue weighted by Crippen LogP contribution is 2.30. The molecule has 0 spiro atoms. The third-order valence-electron chi connectivity index (χ3n) is 3.57. The van der Waals surface area contributed by atoms with Crippen LogP contribution in [-0.4, -0.2) is 0 Å². The monoisotopic (exact) mass is 341 g/mol. The predicted molar refractivity (Wildman–Crippen MR) is 92.5 cm³/mol. The molecule has 0 amide bonds. The van der Waals surface area contributed by atoms with Gasteiger partial charge in [-0.2, -0.15) is 0 Å². The molecule has 0 saturated carbocycles. The van der Waals surface area contributed by atoms with Gasteiger partial charge in [-0.3, -0.25) is 0 Å². The lowest BCUT2D eigenvalue weighted by molar-refractivity contribution is 0.456. The summed E-state index contributed by atoms with van der Waals surface area (Å²) in [5.74, 6) is 0. The van der Waals surface area contributed by atoms with Crippen molar-refractivity contribution in [3.63, 3.8) is 0 Å². The Labute approximate surface area is 141 Å². The van der Waals surface area contributed by atoms with Gasteiger partial charge in [-0.05, 0) is 48.7 Å². The first-order valence-electron chi connectivity index (χ1n) is 6.97. The van der Waals surface area contributed by atoms with E-state index in [9.17, 15) is 0 Å². The quantitative estimate of drug-likeness (QED) is 0.658. The summed E-state index contributed by atoms with van der Waals surface area (Å²) in [4.78, 5) is 0. The van der Waals surface area contributed by atoms with Gasteiger partial charge in [0.2, 0.25) is 0 Å². The van der Waals surface area contributed by atoms with Crippen LogP contribution in [0.3, 0.4) is 0 Å². The molecule has 0 heterocycles. The average Bonchev–Trinajstić information content (AvgIpc) is 2.46. The third kappa shape index (κ3) is 4.37. The SMILES string of the molecule is CCC(N[C@H](C)c1ccc(Cl)cc1)c1ccc(Cl)cc1Cl. The summed E-state index contributed by atoms with van der Waals surface area (Å²) in [6.07, 6.45) is 0.944. The zero-order valence-electron chi connectivity index (χ0n) is 12.0.